The fourth-order valence-corrected chi connectivity index (χ4v) is 9.88. The van der Waals surface area contributed by atoms with Crippen LogP contribution in [0.25, 0.3) is 53.8 Å². The van der Waals surface area contributed by atoms with Crippen LogP contribution >= 0.6 is 11.3 Å². The SMILES string of the molecule is CC(C)(C)Cc1cc(-c2[c-]cccc2)ncc1[Si](C)(C)C.CC(c1ccccc1)c1ccnc(-c2[c-]ccc3c2sc2ccc(-c4ccccc4)cc23)c1.[Ir]. The van der Waals surface area contributed by atoms with Gasteiger partial charge in [0.15, 0.2) is 0 Å². The van der Waals surface area contributed by atoms with Crippen LogP contribution in [0.5, 0.6) is 0 Å². The Morgan fingerprint density at radius 3 is 2.09 bits per heavy atom. The molecule has 0 amide bonds. The number of fused-ring (bicyclic) bond motifs is 3. The Hall–Kier alpha value is -4.51. The van der Waals surface area contributed by atoms with Crippen LogP contribution in [0.4, 0.5) is 0 Å². The van der Waals surface area contributed by atoms with Gasteiger partial charge < -0.3 is 9.97 Å². The zero-order chi connectivity index (χ0) is 37.9. The first-order valence-electron chi connectivity index (χ1n) is 18.8. The largest absolute Gasteiger partial charge is 0.305 e. The Balaban J connectivity index is 0.000000204. The zero-order valence-electron chi connectivity index (χ0n) is 32.8. The van der Waals surface area contributed by atoms with Crippen LogP contribution in [-0.4, -0.2) is 18.0 Å². The second kappa shape index (κ2) is 17.1. The summed E-state index contributed by atoms with van der Waals surface area (Å²) in [6.07, 6.45) is 5.13. The van der Waals surface area contributed by atoms with E-state index in [0.717, 1.165) is 28.9 Å². The summed E-state index contributed by atoms with van der Waals surface area (Å²) >= 11 is 1.83. The molecule has 1 unspecified atom stereocenters. The van der Waals surface area contributed by atoms with Gasteiger partial charge in [-0.15, -0.1) is 59.7 Å². The molecular weight excluding hydrogens is 881 g/mol. The normalized spacial score (nSPS) is 12.1. The van der Waals surface area contributed by atoms with E-state index in [0.29, 0.717) is 5.92 Å². The number of pyridine rings is 2. The van der Waals surface area contributed by atoms with Gasteiger partial charge in [-0.05, 0) is 78.9 Å². The van der Waals surface area contributed by atoms with Crippen LogP contribution in [0, 0.1) is 17.5 Å². The first kappa shape index (κ1) is 40.2. The van der Waals surface area contributed by atoms with E-state index >= 15 is 0 Å². The predicted molar refractivity (Wildman–Crippen MR) is 235 cm³/mol. The molecule has 5 heteroatoms. The Morgan fingerprint density at radius 1 is 0.673 bits per heavy atom. The summed E-state index contributed by atoms with van der Waals surface area (Å²) < 4.78 is 2.54. The van der Waals surface area contributed by atoms with Gasteiger partial charge in [0.1, 0.15) is 0 Å². The van der Waals surface area contributed by atoms with Gasteiger partial charge in [-0.25, -0.2) is 0 Å². The molecule has 8 aromatic rings. The van der Waals surface area contributed by atoms with E-state index in [4.69, 9.17) is 9.97 Å². The van der Waals surface area contributed by atoms with Crippen LogP contribution in [0.3, 0.4) is 0 Å². The molecule has 1 atom stereocenters. The maximum atomic E-state index is 4.75. The second-order valence-electron chi connectivity index (χ2n) is 16.4. The van der Waals surface area contributed by atoms with Crippen molar-refractivity contribution in [2.75, 3.05) is 0 Å². The van der Waals surface area contributed by atoms with Gasteiger partial charge >= 0.3 is 0 Å². The predicted octanol–water partition coefficient (Wildman–Crippen LogP) is 13.4. The molecule has 0 fully saturated rings. The minimum absolute atomic E-state index is 0. The van der Waals surface area contributed by atoms with Crippen molar-refractivity contribution in [3.05, 3.63) is 175 Å². The molecule has 0 bridgehead atoms. The topological polar surface area (TPSA) is 25.8 Å². The fraction of sp³-hybridized carbons (Fsp3) is 0.200. The second-order valence-corrected chi connectivity index (χ2v) is 22.5. The van der Waals surface area contributed by atoms with Crippen LogP contribution < -0.4 is 5.19 Å². The molecule has 55 heavy (non-hydrogen) atoms. The minimum Gasteiger partial charge on any atom is -0.305 e. The van der Waals surface area contributed by atoms with Gasteiger partial charge in [-0.1, -0.05) is 137 Å². The first-order valence-corrected chi connectivity index (χ1v) is 23.2. The van der Waals surface area contributed by atoms with E-state index in [9.17, 15) is 0 Å². The van der Waals surface area contributed by atoms with E-state index in [1.165, 1.54) is 53.2 Å². The fourth-order valence-electron chi connectivity index (χ4n) is 7.12. The molecule has 8 rings (SSSR count). The Labute approximate surface area is 346 Å². The molecule has 1 radical (unpaired) electrons. The summed E-state index contributed by atoms with van der Waals surface area (Å²) in [5.74, 6) is 0.308. The summed E-state index contributed by atoms with van der Waals surface area (Å²) in [4.78, 5) is 9.46. The molecule has 0 aliphatic heterocycles. The molecule has 5 aromatic carbocycles. The van der Waals surface area contributed by atoms with E-state index in [1.807, 2.05) is 41.8 Å². The van der Waals surface area contributed by atoms with Crippen molar-refractivity contribution in [3.63, 3.8) is 0 Å². The third-order valence-electron chi connectivity index (χ3n) is 9.88. The summed E-state index contributed by atoms with van der Waals surface area (Å²) in [6.45, 7) is 16.3. The monoisotopic (exact) mass is 929 g/mol. The van der Waals surface area contributed by atoms with Gasteiger partial charge in [-0.2, -0.15) is 11.3 Å². The van der Waals surface area contributed by atoms with Crippen molar-refractivity contribution in [2.45, 2.75) is 59.7 Å². The molecule has 279 valence electrons. The minimum atomic E-state index is -1.37. The standard InChI is InChI=1S/C31H22NS.C19H26NSi.Ir/c1-21(22-9-4-2-5-10-22)24-17-18-32-29(20-24)27-14-8-13-26-28-19-25(23-11-6-3-7-12-23)15-16-30(28)33-31(26)27;1-19(2,3)13-16-12-17(15-10-8-7-9-11-15)20-14-18(16)21(4,5)6;/h2-13,15-21H,1H3;7-10,12,14H,13H2,1-6H3;/q2*-1;. The van der Waals surface area contributed by atoms with Crippen molar-refractivity contribution in [1.29, 1.82) is 0 Å². The summed E-state index contributed by atoms with van der Waals surface area (Å²) in [5, 5.41) is 4.04. The average molecular weight is 929 g/mol. The maximum Gasteiger partial charge on any atom is 0.0798 e. The van der Waals surface area contributed by atoms with Crippen molar-refractivity contribution < 1.29 is 20.1 Å². The molecule has 3 heterocycles. The summed E-state index contributed by atoms with van der Waals surface area (Å²) in [7, 11) is -1.37. The Morgan fingerprint density at radius 2 is 1.40 bits per heavy atom. The molecule has 0 saturated carbocycles. The molecule has 2 nitrogen and oxygen atoms in total. The third-order valence-corrected chi connectivity index (χ3v) is 13.2. The quantitative estimate of drug-likeness (QED) is 0.118. The Kier molecular flexibility index (Phi) is 12.5. The number of hydrogen-bond donors (Lipinski definition) is 0. The van der Waals surface area contributed by atoms with Crippen molar-refractivity contribution in [1.82, 2.24) is 9.97 Å². The Bertz CT molecular complexity index is 2500. The van der Waals surface area contributed by atoms with Crippen LogP contribution in [-0.2, 0) is 26.5 Å². The van der Waals surface area contributed by atoms with Crippen LogP contribution in [0.1, 0.15) is 50.3 Å². The molecule has 0 spiro atoms. The zero-order valence-corrected chi connectivity index (χ0v) is 37.0. The van der Waals surface area contributed by atoms with Gasteiger partial charge in [-0.3, -0.25) is 0 Å². The summed E-state index contributed by atoms with van der Waals surface area (Å²) in [5.41, 5.74) is 11.0. The van der Waals surface area contributed by atoms with Crippen molar-refractivity contribution >= 4 is 44.8 Å². The van der Waals surface area contributed by atoms with E-state index in [-0.39, 0.29) is 25.5 Å². The number of nitrogens with zero attached hydrogens (tertiary/aromatic N) is 2. The molecule has 0 N–H and O–H groups in total. The van der Waals surface area contributed by atoms with Crippen molar-refractivity contribution in [2.24, 2.45) is 5.41 Å². The molecule has 0 aliphatic rings. The van der Waals surface area contributed by atoms with E-state index in [2.05, 4.69) is 175 Å². The number of rotatable bonds is 7. The molecule has 0 aliphatic carbocycles. The van der Waals surface area contributed by atoms with Gasteiger partial charge in [0.25, 0.3) is 0 Å². The van der Waals surface area contributed by atoms with Crippen LogP contribution in [0.2, 0.25) is 19.6 Å². The third kappa shape index (κ3) is 9.48. The first-order chi connectivity index (χ1) is 25.9. The van der Waals surface area contributed by atoms with E-state index < -0.39 is 8.07 Å². The smallest absolute Gasteiger partial charge is 0.0798 e. The number of aromatic nitrogens is 2. The van der Waals surface area contributed by atoms with Gasteiger partial charge in [0.2, 0.25) is 0 Å². The van der Waals surface area contributed by atoms with Crippen molar-refractivity contribution in [3.8, 4) is 33.6 Å². The van der Waals surface area contributed by atoms with Gasteiger partial charge in [0, 0.05) is 43.1 Å². The summed E-state index contributed by atoms with van der Waals surface area (Å²) in [6, 6.07) is 53.7. The molecule has 3 aromatic heterocycles. The number of thiophene rings is 1. The molecular formula is C50H48IrN2SSi-2. The van der Waals surface area contributed by atoms with E-state index in [1.54, 1.807) is 0 Å². The number of benzene rings is 5. The number of hydrogen-bond acceptors (Lipinski definition) is 3. The maximum absolute atomic E-state index is 4.75. The average Bonchev–Trinajstić information content (AvgIpc) is 3.56. The van der Waals surface area contributed by atoms with Gasteiger partial charge in [0.05, 0.1) is 8.07 Å². The molecule has 0 saturated heterocycles. The van der Waals surface area contributed by atoms with Crippen LogP contribution in [0.15, 0.2) is 146 Å².